The third-order valence-electron chi connectivity index (χ3n) is 4.86. The second-order valence-electron chi connectivity index (χ2n) is 7.86. The summed E-state index contributed by atoms with van der Waals surface area (Å²) in [7, 11) is 0. The number of amides is 1. The van der Waals surface area contributed by atoms with E-state index in [1.54, 1.807) is 17.6 Å². The molecule has 0 radical (unpaired) electrons. The highest BCUT2D eigenvalue weighted by molar-refractivity contribution is 7.12. The summed E-state index contributed by atoms with van der Waals surface area (Å²) in [6, 6.07) is 14.5. The number of carbonyl (C=O) groups is 1. The van der Waals surface area contributed by atoms with Crippen LogP contribution in [0.1, 0.15) is 29.1 Å². The van der Waals surface area contributed by atoms with Crippen molar-refractivity contribution >= 4 is 39.5 Å². The molecule has 2 heterocycles. The third kappa shape index (κ3) is 6.42. The van der Waals surface area contributed by atoms with Gasteiger partial charge in [-0.2, -0.15) is 0 Å². The fourth-order valence-corrected chi connectivity index (χ4v) is 4.19. The molecular weight excluding hydrogens is 479 g/mol. The number of benzene rings is 2. The minimum Gasteiger partial charge on any atom is -0.491 e. The molecule has 2 aromatic heterocycles. The number of fused-ring (bicyclic) bond motifs is 1. The zero-order chi connectivity index (χ0) is 25.0. The van der Waals surface area contributed by atoms with Crippen molar-refractivity contribution in [3.05, 3.63) is 76.6 Å². The summed E-state index contributed by atoms with van der Waals surface area (Å²) < 4.78 is 46.6. The first-order valence-corrected chi connectivity index (χ1v) is 11.6. The van der Waals surface area contributed by atoms with E-state index in [1.807, 2.05) is 38.1 Å². The smallest absolute Gasteiger partial charge is 0.491 e. The van der Waals surface area contributed by atoms with Gasteiger partial charge in [-0.1, -0.05) is 0 Å². The highest BCUT2D eigenvalue weighted by atomic mass is 32.1. The molecule has 4 aromatic rings. The Morgan fingerprint density at radius 1 is 1.06 bits per heavy atom. The van der Waals surface area contributed by atoms with Crippen LogP contribution in [-0.2, 0) is 6.54 Å². The predicted octanol–water partition coefficient (Wildman–Crippen LogP) is 6.85. The molecule has 0 aliphatic carbocycles. The average molecular weight is 502 g/mol. The summed E-state index contributed by atoms with van der Waals surface area (Å²) >= 11 is 1.26. The summed E-state index contributed by atoms with van der Waals surface area (Å²) in [5.41, 5.74) is 2.81. The van der Waals surface area contributed by atoms with Crippen LogP contribution in [0.5, 0.6) is 11.5 Å². The number of hydrogen-bond donors (Lipinski definition) is 2. The van der Waals surface area contributed by atoms with Gasteiger partial charge in [-0.25, -0.2) is 0 Å². The Morgan fingerprint density at radius 2 is 1.80 bits per heavy atom. The van der Waals surface area contributed by atoms with Gasteiger partial charge in [0.2, 0.25) is 0 Å². The third-order valence-corrected chi connectivity index (χ3v) is 5.78. The van der Waals surface area contributed by atoms with Crippen LogP contribution >= 0.6 is 11.3 Å². The van der Waals surface area contributed by atoms with Crippen molar-refractivity contribution < 1.29 is 27.4 Å². The zero-order valence-electron chi connectivity index (χ0n) is 18.8. The van der Waals surface area contributed by atoms with E-state index in [-0.39, 0.29) is 17.8 Å². The number of pyridine rings is 1. The summed E-state index contributed by atoms with van der Waals surface area (Å²) in [6.07, 6.45) is -2.98. The molecule has 10 heteroatoms. The number of hydrogen-bond acceptors (Lipinski definition) is 6. The van der Waals surface area contributed by atoms with Crippen molar-refractivity contribution in [2.24, 2.45) is 0 Å². The number of nitrogens with one attached hydrogen (secondary N) is 2. The van der Waals surface area contributed by atoms with Gasteiger partial charge in [0.25, 0.3) is 5.91 Å². The van der Waals surface area contributed by atoms with Gasteiger partial charge >= 0.3 is 6.36 Å². The van der Waals surface area contributed by atoms with Gasteiger partial charge in [-0.15, -0.1) is 24.5 Å². The normalized spacial score (nSPS) is 11.5. The van der Waals surface area contributed by atoms with Crippen LogP contribution in [0.3, 0.4) is 0 Å². The average Bonchev–Trinajstić information content (AvgIpc) is 3.26. The van der Waals surface area contributed by atoms with Gasteiger partial charge in [0.05, 0.1) is 17.3 Å². The summed E-state index contributed by atoms with van der Waals surface area (Å²) in [4.78, 5) is 17.7. The molecule has 0 saturated heterocycles. The van der Waals surface area contributed by atoms with Crippen LogP contribution in [-0.4, -0.2) is 23.4 Å². The molecule has 35 heavy (non-hydrogen) atoms. The molecule has 2 N–H and O–H groups in total. The van der Waals surface area contributed by atoms with E-state index in [1.165, 1.54) is 23.5 Å². The molecule has 0 atom stereocenters. The van der Waals surface area contributed by atoms with E-state index < -0.39 is 6.36 Å². The van der Waals surface area contributed by atoms with E-state index in [0.29, 0.717) is 22.8 Å². The second-order valence-corrected chi connectivity index (χ2v) is 8.78. The number of aromatic nitrogens is 1. The molecule has 6 nitrogen and oxygen atoms in total. The van der Waals surface area contributed by atoms with Crippen LogP contribution in [0.4, 0.5) is 24.5 Å². The number of rotatable bonds is 8. The van der Waals surface area contributed by atoms with Gasteiger partial charge in [-0.3, -0.25) is 9.78 Å². The maximum atomic E-state index is 12.8. The minimum atomic E-state index is -4.77. The zero-order valence-corrected chi connectivity index (χ0v) is 19.7. The summed E-state index contributed by atoms with van der Waals surface area (Å²) in [5, 5.41) is 8.75. The van der Waals surface area contributed by atoms with Crippen LogP contribution in [0.15, 0.2) is 66.2 Å². The SMILES string of the molecule is CC(C)Oc1ccc2c(CNc3ccsc3C(=O)Nc3ccc(OC(F)(F)F)cc3)ccnc2c1. The Morgan fingerprint density at radius 3 is 2.51 bits per heavy atom. The number of halogens is 3. The van der Waals surface area contributed by atoms with Gasteiger partial charge in [0.15, 0.2) is 0 Å². The molecule has 0 aliphatic rings. The summed E-state index contributed by atoms with van der Waals surface area (Å²) in [5.74, 6) is 0.0170. The number of nitrogens with zero attached hydrogens (tertiary/aromatic N) is 1. The van der Waals surface area contributed by atoms with Crippen LogP contribution in [0, 0.1) is 0 Å². The van der Waals surface area contributed by atoms with Crippen molar-refractivity contribution in [1.29, 1.82) is 0 Å². The number of anilines is 2. The van der Waals surface area contributed by atoms with Crippen molar-refractivity contribution in [1.82, 2.24) is 4.98 Å². The molecule has 182 valence electrons. The molecule has 0 spiro atoms. The molecule has 0 fully saturated rings. The standard InChI is InChI=1S/C25H22F3N3O3S/c1-15(2)33-19-7-8-20-16(9-11-29-22(20)13-19)14-30-21-10-12-35-23(21)24(32)31-17-3-5-18(6-4-17)34-25(26,27)28/h3-13,15,30H,14H2,1-2H3,(H,31,32). The quantitative estimate of drug-likeness (QED) is 0.276. The number of carbonyl (C=O) groups excluding carboxylic acids is 1. The van der Waals surface area contributed by atoms with Crippen molar-refractivity contribution in [2.75, 3.05) is 10.6 Å². The van der Waals surface area contributed by atoms with E-state index >= 15 is 0 Å². The molecule has 0 saturated carbocycles. The molecule has 4 rings (SSSR count). The van der Waals surface area contributed by atoms with Crippen molar-refractivity contribution in [2.45, 2.75) is 32.9 Å². The monoisotopic (exact) mass is 501 g/mol. The van der Waals surface area contributed by atoms with Gasteiger partial charge in [-0.05, 0) is 73.3 Å². The topological polar surface area (TPSA) is 72.5 Å². The highest BCUT2D eigenvalue weighted by Gasteiger charge is 2.31. The maximum absolute atomic E-state index is 12.8. The van der Waals surface area contributed by atoms with E-state index in [9.17, 15) is 18.0 Å². The Hall–Kier alpha value is -3.79. The predicted molar refractivity (Wildman–Crippen MR) is 130 cm³/mol. The fraction of sp³-hybridized carbons (Fsp3) is 0.200. The van der Waals surface area contributed by atoms with E-state index in [2.05, 4.69) is 20.4 Å². The maximum Gasteiger partial charge on any atom is 0.573 e. The number of ether oxygens (including phenoxy) is 2. The fourth-order valence-electron chi connectivity index (χ4n) is 3.43. The molecular formula is C25H22F3N3O3S. The molecule has 0 aliphatic heterocycles. The largest absolute Gasteiger partial charge is 0.573 e. The Bertz CT molecular complexity index is 1320. The Labute approximate surface area is 203 Å². The minimum absolute atomic E-state index is 0.0617. The summed E-state index contributed by atoms with van der Waals surface area (Å²) in [6.45, 7) is 4.39. The lowest BCUT2D eigenvalue weighted by Gasteiger charge is -2.13. The van der Waals surface area contributed by atoms with Crippen LogP contribution < -0.4 is 20.1 Å². The van der Waals surface area contributed by atoms with Crippen molar-refractivity contribution in [3.63, 3.8) is 0 Å². The Kier molecular flexibility index (Phi) is 7.11. The molecule has 1 amide bonds. The van der Waals surface area contributed by atoms with Gasteiger partial charge in [0.1, 0.15) is 16.4 Å². The van der Waals surface area contributed by atoms with Crippen LogP contribution in [0.2, 0.25) is 0 Å². The Balaban J connectivity index is 1.43. The van der Waals surface area contributed by atoms with E-state index in [0.717, 1.165) is 34.3 Å². The molecule has 0 bridgehead atoms. The molecule has 0 unspecified atom stereocenters. The second kappa shape index (κ2) is 10.2. The number of alkyl halides is 3. The van der Waals surface area contributed by atoms with E-state index in [4.69, 9.17) is 4.74 Å². The van der Waals surface area contributed by atoms with Gasteiger partial charge in [0, 0.05) is 29.9 Å². The number of thiophene rings is 1. The van der Waals surface area contributed by atoms with Crippen molar-refractivity contribution in [3.8, 4) is 11.5 Å². The highest BCUT2D eigenvalue weighted by Crippen LogP contribution is 2.28. The lowest BCUT2D eigenvalue weighted by Crippen LogP contribution is -2.17. The first-order chi connectivity index (χ1) is 16.7. The first-order valence-electron chi connectivity index (χ1n) is 10.7. The first kappa shape index (κ1) is 24.3. The van der Waals surface area contributed by atoms with Crippen LogP contribution in [0.25, 0.3) is 10.9 Å². The lowest BCUT2D eigenvalue weighted by atomic mass is 10.1. The lowest BCUT2D eigenvalue weighted by molar-refractivity contribution is -0.274. The van der Waals surface area contributed by atoms with Gasteiger partial charge < -0.3 is 20.1 Å². The molecule has 2 aromatic carbocycles.